The summed E-state index contributed by atoms with van der Waals surface area (Å²) in [6, 6.07) is 68.0. The van der Waals surface area contributed by atoms with E-state index in [1.54, 1.807) is 0 Å². The quantitative estimate of drug-likeness (QED) is 0.167. The normalized spacial score (nSPS) is 15.1. The maximum atomic E-state index is 2.52. The molecule has 2 heteroatoms. The van der Waals surface area contributed by atoms with E-state index in [-0.39, 0.29) is 5.41 Å². The fourth-order valence-electron chi connectivity index (χ4n) is 10.4. The topological polar surface area (TPSA) is 6.48 Å². The number of fused-ring (bicyclic) bond motifs is 10. The van der Waals surface area contributed by atoms with Crippen molar-refractivity contribution in [2.45, 2.75) is 31.1 Å². The Labute approximate surface area is 334 Å². The molecule has 0 radical (unpaired) electrons. The predicted octanol–water partition coefficient (Wildman–Crippen LogP) is 13.7. The summed E-state index contributed by atoms with van der Waals surface area (Å²) in [6.45, 7) is 0. The molecule has 0 amide bonds. The van der Waals surface area contributed by atoms with E-state index in [1.807, 2.05) is 0 Å². The fraction of sp³-hybridized carbons (Fsp3) is 0.0909. The highest BCUT2D eigenvalue weighted by molar-refractivity contribution is 5.90. The first-order chi connectivity index (χ1) is 28.2. The number of para-hydroxylation sites is 4. The molecule has 1 spiro atoms. The smallest absolute Gasteiger partial charge is 0.0497 e. The Bertz CT molecular complexity index is 2820. The van der Waals surface area contributed by atoms with Crippen LogP contribution in [0.25, 0.3) is 23.3 Å². The van der Waals surface area contributed by atoms with Crippen LogP contribution in [-0.2, 0) is 31.1 Å². The van der Waals surface area contributed by atoms with Gasteiger partial charge in [-0.2, -0.15) is 0 Å². The lowest BCUT2D eigenvalue weighted by Crippen LogP contribution is -2.26. The highest BCUT2D eigenvalue weighted by atomic mass is 15.2. The molecule has 12 rings (SSSR count). The molecule has 0 atom stereocenters. The van der Waals surface area contributed by atoms with E-state index < -0.39 is 0 Å². The Hall–Kier alpha value is -6.90. The summed E-state index contributed by atoms with van der Waals surface area (Å²) in [5.74, 6) is 0. The van der Waals surface area contributed by atoms with E-state index in [9.17, 15) is 0 Å². The first-order valence-corrected chi connectivity index (χ1v) is 20.3. The first-order valence-electron chi connectivity index (χ1n) is 20.3. The summed E-state index contributed by atoms with van der Waals surface area (Å²) in [5, 5.41) is 0. The van der Waals surface area contributed by atoms with Gasteiger partial charge in [0.1, 0.15) is 0 Å². The highest BCUT2D eigenvalue weighted by Crippen LogP contribution is 2.57. The van der Waals surface area contributed by atoms with Gasteiger partial charge in [-0.3, -0.25) is 0 Å². The molecule has 2 heterocycles. The van der Waals surface area contributed by atoms with E-state index in [0.29, 0.717) is 0 Å². The van der Waals surface area contributed by atoms with Gasteiger partial charge in [0.05, 0.1) is 0 Å². The van der Waals surface area contributed by atoms with Crippen molar-refractivity contribution >= 4 is 46.3 Å². The Morgan fingerprint density at radius 3 is 1.26 bits per heavy atom. The zero-order valence-corrected chi connectivity index (χ0v) is 31.7. The van der Waals surface area contributed by atoms with Crippen molar-refractivity contribution in [1.82, 2.24) is 0 Å². The number of anilines is 6. The average molecular weight is 729 g/mol. The van der Waals surface area contributed by atoms with Gasteiger partial charge in [-0.1, -0.05) is 146 Å². The van der Waals surface area contributed by atoms with Gasteiger partial charge in [0.15, 0.2) is 0 Å². The first kappa shape index (κ1) is 32.4. The van der Waals surface area contributed by atoms with Crippen molar-refractivity contribution in [3.8, 4) is 11.1 Å². The number of benzene rings is 8. The van der Waals surface area contributed by atoms with E-state index in [2.05, 4.69) is 204 Å². The molecule has 8 aromatic rings. The average Bonchev–Trinajstić information content (AvgIpc) is 3.78. The Balaban J connectivity index is 0.911. The van der Waals surface area contributed by atoms with E-state index in [0.717, 1.165) is 25.7 Å². The second-order valence-electron chi connectivity index (χ2n) is 16.2. The van der Waals surface area contributed by atoms with Crippen LogP contribution in [-0.4, -0.2) is 0 Å². The van der Waals surface area contributed by atoms with Crippen molar-refractivity contribution in [3.05, 3.63) is 238 Å². The fourth-order valence-corrected chi connectivity index (χ4v) is 10.4. The summed E-state index contributed by atoms with van der Waals surface area (Å²) >= 11 is 0. The van der Waals surface area contributed by atoms with Gasteiger partial charge >= 0.3 is 0 Å². The third-order valence-corrected chi connectivity index (χ3v) is 13.0. The Morgan fingerprint density at radius 2 is 0.737 bits per heavy atom. The third kappa shape index (κ3) is 5.03. The van der Waals surface area contributed by atoms with Gasteiger partial charge in [0, 0.05) is 52.4 Å². The van der Waals surface area contributed by atoms with Crippen molar-refractivity contribution in [1.29, 1.82) is 0 Å². The lowest BCUT2D eigenvalue weighted by atomic mass is 9.75. The monoisotopic (exact) mass is 728 g/mol. The molecule has 2 nitrogen and oxygen atoms in total. The third-order valence-electron chi connectivity index (χ3n) is 13.0. The molecule has 0 fully saturated rings. The van der Waals surface area contributed by atoms with Gasteiger partial charge in [0.25, 0.3) is 0 Å². The molecule has 2 aliphatic heterocycles. The van der Waals surface area contributed by atoms with Crippen molar-refractivity contribution < 1.29 is 0 Å². The zero-order valence-electron chi connectivity index (χ0n) is 31.7. The number of hydrogen-bond acceptors (Lipinski definition) is 2. The maximum absolute atomic E-state index is 2.52. The van der Waals surface area contributed by atoms with Crippen LogP contribution in [0.3, 0.4) is 0 Å². The molecular formula is C55H40N2. The lowest BCUT2D eigenvalue weighted by molar-refractivity contribution is 0.563. The summed E-state index contributed by atoms with van der Waals surface area (Å²) < 4.78 is 0. The summed E-state index contributed by atoms with van der Waals surface area (Å²) in [5.41, 5.74) is 23.8. The molecule has 4 aliphatic rings. The van der Waals surface area contributed by atoms with Crippen LogP contribution in [0.1, 0.15) is 55.6 Å². The number of rotatable bonds is 4. The second-order valence-corrected chi connectivity index (χ2v) is 16.2. The Kier molecular flexibility index (Phi) is 7.13. The van der Waals surface area contributed by atoms with Crippen molar-refractivity contribution in [2.75, 3.05) is 9.80 Å². The minimum absolute atomic E-state index is 0.119. The van der Waals surface area contributed by atoms with Crippen LogP contribution in [0.5, 0.6) is 0 Å². The van der Waals surface area contributed by atoms with Crippen molar-refractivity contribution in [2.24, 2.45) is 0 Å². The predicted molar refractivity (Wildman–Crippen MR) is 237 cm³/mol. The van der Waals surface area contributed by atoms with Crippen molar-refractivity contribution in [3.63, 3.8) is 0 Å². The maximum Gasteiger partial charge on any atom is 0.0497 e. The van der Waals surface area contributed by atoms with E-state index in [1.165, 1.54) is 101 Å². The summed E-state index contributed by atoms with van der Waals surface area (Å²) in [7, 11) is 0. The zero-order chi connectivity index (χ0) is 37.5. The van der Waals surface area contributed by atoms with Gasteiger partial charge in [0.2, 0.25) is 0 Å². The van der Waals surface area contributed by atoms with Crippen LogP contribution in [0.2, 0.25) is 0 Å². The lowest BCUT2D eigenvalue weighted by Gasteiger charge is -2.34. The molecule has 8 aromatic carbocycles. The van der Waals surface area contributed by atoms with Gasteiger partial charge in [-0.05, 0) is 128 Å². The number of hydrogen-bond donors (Lipinski definition) is 0. The SMILES string of the molecule is C(=C\c1ccc2c(c1)C1(Cc3ccccc3C1)c1cc(N3c4ccccc4Cc4ccccc43)ccc1-2)/c1ccc(N2c3ccccc3Cc3ccccc32)cc1. The Morgan fingerprint density at radius 1 is 0.351 bits per heavy atom. The molecule has 0 unspecified atom stereocenters. The van der Waals surface area contributed by atoms with Gasteiger partial charge < -0.3 is 9.80 Å². The molecule has 0 bridgehead atoms. The summed E-state index contributed by atoms with van der Waals surface area (Å²) in [6.07, 6.45) is 8.51. The minimum Gasteiger partial charge on any atom is -0.310 e. The molecule has 0 N–H and O–H groups in total. The van der Waals surface area contributed by atoms with Gasteiger partial charge in [-0.25, -0.2) is 0 Å². The van der Waals surface area contributed by atoms with Crippen LogP contribution in [0.4, 0.5) is 34.1 Å². The van der Waals surface area contributed by atoms with Crippen LogP contribution >= 0.6 is 0 Å². The molecule has 57 heavy (non-hydrogen) atoms. The highest BCUT2D eigenvalue weighted by Gasteiger charge is 2.47. The van der Waals surface area contributed by atoms with Crippen LogP contribution in [0.15, 0.2) is 182 Å². The molecule has 0 saturated carbocycles. The van der Waals surface area contributed by atoms with Crippen LogP contribution < -0.4 is 9.80 Å². The molecule has 0 aromatic heterocycles. The van der Waals surface area contributed by atoms with E-state index >= 15 is 0 Å². The van der Waals surface area contributed by atoms with Crippen LogP contribution in [0, 0.1) is 0 Å². The number of nitrogens with zero attached hydrogens (tertiary/aromatic N) is 2. The second kappa shape index (κ2) is 12.6. The standard InChI is InChI=1S/C55H40N2/c1-2-16-44-36-55(35-43(44)15-1)49-31-38(22-21-37-23-26-45(27-24-37)56-51-17-7-3-11-39(51)32-40-12-4-8-18-52(40)56)25-29-47(49)48-30-28-46(34-50(48)55)57-53-19-9-5-13-41(53)33-42-14-6-10-20-54(42)57/h1-31,34H,32-33,35-36H2/b22-21+. The molecular weight excluding hydrogens is 689 g/mol. The molecule has 2 aliphatic carbocycles. The molecule has 270 valence electrons. The minimum atomic E-state index is -0.119. The summed E-state index contributed by atoms with van der Waals surface area (Å²) in [4.78, 5) is 4.91. The largest absolute Gasteiger partial charge is 0.310 e. The van der Waals surface area contributed by atoms with Gasteiger partial charge in [-0.15, -0.1) is 0 Å². The molecule has 0 saturated heterocycles. The van der Waals surface area contributed by atoms with E-state index in [4.69, 9.17) is 0 Å².